The second-order valence-corrected chi connectivity index (χ2v) is 6.57. The fraction of sp³-hybridized carbons (Fsp3) is 1.00. The SMILES string of the molecule is CCC(C)C1CN(C2CCOC2)C(C(C)CC)CN1. The quantitative estimate of drug-likeness (QED) is 0.829. The van der Waals surface area contributed by atoms with Gasteiger partial charge in [-0.3, -0.25) is 4.90 Å². The third-order valence-corrected chi connectivity index (χ3v) is 5.43. The molecule has 3 heteroatoms. The summed E-state index contributed by atoms with van der Waals surface area (Å²) in [7, 11) is 0. The van der Waals surface area contributed by atoms with Crippen molar-refractivity contribution < 1.29 is 4.74 Å². The van der Waals surface area contributed by atoms with Crippen LogP contribution < -0.4 is 5.32 Å². The minimum absolute atomic E-state index is 0.658. The largest absolute Gasteiger partial charge is 0.380 e. The van der Waals surface area contributed by atoms with Gasteiger partial charge in [0.15, 0.2) is 0 Å². The zero-order valence-electron chi connectivity index (χ0n) is 13.2. The van der Waals surface area contributed by atoms with Crippen LogP contribution in [0.3, 0.4) is 0 Å². The topological polar surface area (TPSA) is 24.5 Å². The lowest BCUT2D eigenvalue weighted by Crippen LogP contribution is -2.62. The predicted octanol–water partition coefficient (Wildman–Crippen LogP) is 2.51. The first-order valence-electron chi connectivity index (χ1n) is 8.24. The van der Waals surface area contributed by atoms with Crippen molar-refractivity contribution in [3.05, 3.63) is 0 Å². The monoisotopic (exact) mass is 268 g/mol. The first-order valence-corrected chi connectivity index (χ1v) is 8.24. The van der Waals surface area contributed by atoms with E-state index in [1.807, 2.05) is 0 Å². The van der Waals surface area contributed by atoms with E-state index in [9.17, 15) is 0 Å². The number of rotatable bonds is 5. The van der Waals surface area contributed by atoms with E-state index in [2.05, 4.69) is 37.9 Å². The summed E-state index contributed by atoms with van der Waals surface area (Å²) in [6, 6.07) is 2.01. The van der Waals surface area contributed by atoms with Crippen LogP contribution in [0.1, 0.15) is 47.0 Å². The van der Waals surface area contributed by atoms with Crippen molar-refractivity contribution in [2.24, 2.45) is 11.8 Å². The molecule has 1 N–H and O–H groups in total. The summed E-state index contributed by atoms with van der Waals surface area (Å²) in [5.74, 6) is 1.54. The predicted molar refractivity (Wildman–Crippen MR) is 80.4 cm³/mol. The standard InChI is InChI=1S/C16H32N2O/c1-5-12(3)15-10-18(14-7-8-19-11-14)16(9-17-15)13(4)6-2/h12-17H,5-11H2,1-4H3. The summed E-state index contributed by atoms with van der Waals surface area (Å²) < 4.78 is 5.63. The first-order chi connectivity index (χ1) is 9.17. The number of hydrogen-bond donors (Lipinski definition) is 1. The van der Waals surface area contributed by atoms with Crippen LogP contribution in [0.25, 0.3) is 0 Å². The fourth-order valence-corrected chi connectivity index (χ4v) is 3.49. The molecular formula is C16H32N2O. The molecule has 3 nitrogen and oxygen atoms in total. The first kappa shape index (κ1) is 15.3. The fourth-order valence-electron chi connectivity index (χ4n) is 3.49. The van der Waals surface area contributed by atoms with E-state index in [-0.39, 0.29) is 0 Å². The van der Waals surface area contributed by atoms with Gasteiger partial charge in [0.1, 0.15) is 0 Å². The Labute approximate surface area is 119 Å². The van der Waals surface area contributed by atoms with E-state index in [1.165, 1.54) is 25.8 Å². The van der Waals surface area contributed by atoms with Gasteiger partial charge in [-0.05, 0) is 18.3 Å². The molecule has 0 bridgehead atoms. The summed E-state index contributed by atoms with van der Waals surface area (Å²) in [5.41, 5.74) is 0. The highest BCUT2D eigenvalue weighted by Gasteiger charge is 2.37. The maximum Gasteiger partial charge on any atom is 0.0622 e. The molecule has 19 heavy (non-hydrogen) atoms. The van der Waals surface area contributed by atoms with Gasteiger partial charge in [0, 0.05) is 37.8 Å². The second kappa shape index (κ2) is 7.05. The van der Waals surface area contributed by atoms with Crippen molar-refractivity contribution in [1.29, 1.82) is 0 Å². The molecule has 2 aliphatic heterocycles. The Kier molecular flexibility index (Phi) is 5.67. The maximum absolute atomic E-state index is 5.63. The summed E-state index contributed by atoms with van der Waals surface area (Å²) in [6.07, 6.45) is 3.76. The number of nitrogens with one attached hydrogen (secondary N) is 1. The summed E-state index contributed by atoms with van der Waals surface area (Å²) >= 11 is 0. The van der Waals surface area contributed by atoms with Gasteiger partial charge in [-0.25, -0.2) is 0 Å². The summed E-state index contributed by atoms with van der Waals surface area (Å²) in [4.78, 5) is 2.77. The lowest BCUT2D eigenvalue weighted by Gasteiger charge is -2.47. The average Bonchev–Trinajstić information content (AvgIpc) is 2.99. The molecule has 5 atom stereocenters. The molecule has 0 aliphatic carbocycles. The molecule has 5 unspecified atom stereocenters. The third-order valence-electron chi connectivity index (χ3n) is 5.43. The molecule has 0 aromatic heterocycles. The summed E-state index contributed by atoms with van der Waals surface area (Å²) in [6.45, 7) is 13.7. The van der Waals surface area contributed by atoms with E-state index in [0.717, 1.165) is 31.6 Å². The van der Waals surface area contributed by atoms with E-state index < -0.39 is 0 Å². The van der Waals surface area contributed by atoms with Crippen LogP contribution in [0.4, 0.5) is 0 Å². The van der Waals surface area contributed by atoms with Gasteiger partial charge >= 0.3 is 0 Å². The number of hydrogen-bond acceptors (Lipinski definition) is 3. The van der Waals surface area contributed by atoms with Gasteiger partial charge in [-0.15, -0.1) is 0 Å². The zero-order chi connectivity index (χ0) is 13.8. The number of ether oxygens (including phenoxy) is 1. The van der Waals surface area contributed by atoms with Crippen LogP contribution in [-0.2, 0) is 4.74 Å². The van der Waals surface area contributed by atoms with Crippen molar-refractivity contribution in [2.75, 3.05) is 26.3 Å². The van der Waals surface area contributed by atoms with Crippen LogP contribution >= 0.6 is 0 Å². The van der Waals surface area contributed by atoms with Crippen molar-refractivity contribution in [1.82, 2.24) is 10.2 Å². The second-order valence-electron chi connectivity index (χ2n) is 6.57. The molecule has 2 saturated heterocycles. The van der Waals surface area contributed by atoms with Crippen LogP contribution in [0.15, 0.2) is 0 Å². The zero-order valence-corrected chi connectivity index (χ0v) is 13.2. The smallest absolute Gasteiger partial charge is 0.0622 e. The molecule has 2 aliphatic rings. The molecule has 2 heterocycles. The molecule has 112 valence electrons. The normalized spacial score (nSPS) is 36.3. The Morgan fingerprint density at radius 3 is 2.53 bits per heavy atom. The molecular weight excluding hydrogens is 236 g/mol. The van der Waals surface area contributed by atoms with Gasteiger partial charge in [0.2, 0.25) is 0 Å². The minimum Gasteiger partial charge on any atom is -0.380 e. The van der Waals surface area contributed by atoms with E-state index >= 15 is 0 Å². The lowest BCUT2D eigenvalue weighted by molar-refractivity contribution is 0.0327. The Morgan fingerprint density at radius 1 is 1.21 bits per heavy atom. The van der Waals surface area contributed by atoms with Crippen molar-refractivity contribution in [3.8, 4) is 0 Å². The maximum atomic E-state index is 5.63. The van der Waals surface area contributed by atoms with E-state index in [0.29, 0.717) is 18.1 Å². The van der Waals surface area contributed by atoms with E-state index in [4.69, 9.17) is 4.74 Å². The van der Waals surface area contributed by atoms with Gasteiger partial charge in [-0.1, -0.05) is 40.5 Å². The molecule has 2 fully saturated rings. The molecule has 0 saturated carbocycles. The van der Waals surface area contributed by atoms with Gasteiger partial charge in [-0.2, -0.15) is 0 Å². The molecule has 2 rings (SSSR count). The Hall–Kier alpha value is -0.120. The molecule has 0 aromatic carbocycles. The Bertz CT molecular complexity index is 265. The Balaban J connectivity index is 2.04. The Morgan fingerprint density at radius 2 is 1.95 bits per heavy atom. The molecule has 0 amide bonds. The lowest BCUT2D eigenvalue weighted by atomic mass is 9.89. The van der Waals surface area contributed by atoms with Crippen molar-refractivity contribution in [3.63, 3.8) is 0 Å². The third kappa shape index (κ3) is 3.50. The highest BCUT2D eigenvalue weighted by molar-refractivity contribution is 4.94. The van der Waals surface area contributed by atoms with E-state index in [1.54, 1.807) is 0 Å². The molecule has 0 radical (unpaired) electrons. The number of nitrogens with zero attached hydrogens (tertiary/aromatic N) is 1. The van der Waals surface area contributed by atoms with Crippen LogP contribution in [-0.4, -0.2) is 49.3 Å². The number of piperazine rings is 1. The molecule has 0 aromatic rings. The van der Waals surface area contributed by atoms with Gasteiger partial charge in [0.05, 0.1) is 6.61 Å². The highest BCUT2D eigenvalue weighted by Crippen LogP contribution is 2.26. The van der Waals surface area contributed by atoms with Crippen LogP contribution in [0, 0.1) is 11.8 Å². The van der Waals surface area contributed by atoms with Crippen molar-refractivity contribution >= 4 is 0 Å². The highest BCUT2D eigenvalue weighted by atomic mass is 16.5. The average molecular weight is 268 g/mol. The van der Waals surface area contributed by atoms with Crippen LogP contribution in [0.2, 0.25) is 0 Å². The van der Waals surface area contributed by atoms with Gasteiger partial charge in [0.25, 0.3) is 0 Å². The molecule has 0 spiro atoms. The van der Waals surface area contributed by atoms with Gasteiger partial charge < -0.3 is 10.1 Å². The summed E-state index contributed by atoms with van der Waals surface area (Å²) in [5, 5.41) is 3.81. The minimum atomic E-state index is 0.658. The van der Waals surface area contributed by atoms with Crippen molar-refractivity contribution in [2.45, 2.75) is 65.1 Å². The van der Waals surface area contributed by atoms with Crippen LogP contribution in [0.5, 0.6) is 0 Å².